The fourth-order valence-electron chi connectivity index (χ4n) is 0.571. The van der Waals surface area contributed by atoms with Gasteiger partial charge in [0.15, 0.2) is 0 Å². The summed E-state index contributed by atoms with van der Waals surface area (Å²) >= 11 is 0. The van der Waals surface area contributed by atoms with Gasteiger partial charge in [0.25, 0.3) is 10.1 Å². The van der Waals surface area contributed by atoms with Crippen molar-refractivity contribution in [2.24, 2.45) is 0 Å². The average molecular weight is 237 g/mol. The van der Waals surface area contributed by atoms with Crippen LogP contribution in [0.1, 0.15) is 13.3 Å². The van der Waals surface area contributed by atoms with Crippen molar-refractivity contribution in [3.63, 3.8) is 0 Å². The van der Waals surface area contributed by atoms with Crippen LogP contribution in [0.3, 0.4) is 0 Å². The lowest BCUT2D eigenvalue weighted by Gasteiger charge is -1.85. The second-order valence-corrected chi connectivity index (χ2v) is 3.88. The van der Waals surface area contributed by atoms with E-state index in [-0.39, 0.29) is 19.2 Å². The van der Waals surface area contributed by atoms with Gasteiger partial charge in [0.1, 0.15) is 0 Å². The van der Waals surface area contributed by atoms with E-state index in [1.807, 2.05) is 18.2 Å². The molecule has 6 heteroatoms. The van der Waals surface area contributed by atoms with Gasteiger partial charge in [-0.15, -0.1) is 0 Å². The van der Waals surface area contributed by atoms with E-state index in [9.17, 15) is 8.42 Å². The molecule has 0 radical (unpaired) electrons. The standard InChI is InChI=1S/C5H5N.C3H8O3S.H2S/c1-2-4-6-5-3-1;1-2-3-7(4,5)6;/h1-5H;2-3H2,1H3,(H,4,5,6);1H2. The largest absolute Gasteiger partial charge is 0.286 e. The highest BCUT2D eigenvalue weighted by Gasteiger charge is 1.98. The van der Waals surface area contributed by atoms with Crippen LogP contribution in [0.2, 0.25) is 0 Å². The maximum atomic E-state index is 9.79. The van der Waals surface area contributed by atoms with Crippen molar-refractivity contribution in [3.8, 4) is 0 Å². The lowest BCUT2D eigenvalue weighted by atomic mass is 10.5. The van der Waals surface area contributed by atoms with Crippen LogP contribution in [0, 0.1) is 0 Å². The van der Waals surface area contributed by atoms with E-state index in [1.165, 1.54) is 0 Å². The molecule has 0 aromatic carbocycles. The minimum absolute atomic E-state index is 0. The van der Waals surface area contributed by atoms with E-state index < -0.39 is 10.1 Å². The Kier molecular flexibility index (Phi) is 10.2. The number of hydrogen-bond acceptors (Lipinski definition) is 3. The van der Waals surface area contributed by atoms with Crippen molar-refractivity contribution in [1.29, 1.82) is 0 Å². The van der Waals surface area contributed by atoms with Gasteiger partial charge in [-0.3, -0.25) is 9.54 Å². The molecule has 0 atom stereocenters. The first-order valence-electron chi connectivity index (χ1n) is 3.86. The highest BCUT2D eigenvalue weighted by atomic mass is 32.2. The molecule has 0 saturated carbocycles. The molecule has 0 spiro atoms. The third kappa shape index (κ3) is 14.0. The Morgan fingerprint density at radius 2 is 1.71 bits per heavy atom. The number of rotatable bonds is 2. The third-order valence-electron chi connectivity index (χ3n) is 1.03. The van der Waals surface area contributed by atoms with Crippen LogP contribution in [-0.4, -0.2) is 23.7 Å². The number of nitrogens with zero attached hydrogens (tertiary/aromatic N) is 1. The zero-order valence-electron chi connectivity index (χ0n) is 7.92. The summed E-state index contributed by atoms with van der Waals surface area (Å²) in [5.74, 6) is -0.132. The summed E-state index contributed by atoms with van der Waals surface area (Å²) in [4.78, 5) is 3.78. The van der Waals surface area contributed by atoms with Gasteiger partial charge in [0.05, 0.1) is 5.75 Å². The number of aromatic nitrogens is 1. The molecule has 0 bridgehead atoms. The predicted molar refractivity (Wildman–Crippen MR) is 61.3 cm³/mol. The van der Waals surface area contributed by atoms with Crippen LogP contribution in [0.5, 0.6) is 0 Å². The quantitative estimate of drug-likeness (QED) is 0.791. The van der Waals surface area contributed by atoms with Gasteiger partial charge in [-0.25, -0.2) is 0 Å². The first-order chi connectivity index (χ1) is 6.06. The molecule has 0 amide bonds. The van der Waals surface area contributed by atoms with Crippen LogP contribution in [0.4, 0.5) is 0 Å². The van der Waals surface area contributed by atoms with Gasteiger partial charge in [-0.1, -0.05) is 13.0 Å². The molecular weight excluding hydrogens is 222 g/mol. The number of hydrogen-bond donors (Lipinski definition) is 1. The van der Waals surface area contributed by atoms with Crippen LogP contribution >= 0.6 is 13.5 Å². The van der Waals surface area contributed by atoms with E-state index in [0.29, 0.717) is 6.42 Å². The summed E-state index contributed by atoms with van der Waals surface area (Å²) in [7, 11) is -3.67. The highest BCUT2D eigenvalue weighted by Crippen LogP contribution is 1.83. The van der Waals surface area contributed by atoms with Gasteiger partial charge in [0.2, 0.25) is 0 Å². The van der Waals surface area contributed by atoms with E-state index in [1.54, 1.807) is 19.3 Å². The summed E-state index contributed by atoms with van der Waals surface area (Å²) in [5, 5.41) is 0. The van der Waals surface area contributed by atoms with Crippen LogP contribution in [-0.2, 0) is 10.1 Å². The summed E-state index contributed by atoms with van der Waals surface area (Å²) in [6.07, 6.45) is 3.97. The first-order valence-corrected chi connectivity index (χ1v) is 5.47. The van der Waals surface area contributed by atoms with Crippen LogP contribution in [0.25, 0.3) is 0 Å². The molecule has 1 aromatic heterocycles. The molecule has 82 valence electrons. The van der Waals surface area contributed by atoms with E-state index in [2.05, 4.69) is 4.98 Å². The Hall–Kier alpha value is -0.590. The minimum atomic E-state index is -3.67. The predicted octanol–water partition coefficient (Wildman–Crippen LogP) is 1.48. The molecule has 4 nitrogen and oxygen atoms in total. The topological polar surface area (TPSA) is 67.3 Å². The molecular formula is C8H15NO3S2. The van der Waals surface area contributed by atoms with Gasteiger partial charge >= 0.3 is 0 Å². The second kappa shape index (κ2) is 8.98. The third-order valence-corrected chi connectivity index (χ3v) is 1.95. The van der Waals surface area contributed by atoms with Crippen molar-refractivity contribution in [1.82, 2.24) is 4.98 Å². The average Bonchev–Trinajstić information content (AvgIpc) is 2.06. The zero-order chi connectivity index (χ0) is 10.2. The second-order valence-electron chi connectivity index (χ2n) is 2.31. The molecule has 0 aliphatic carbocycles. The van der Waals surface area contributed by atoms with E-state index in [0.717, 1.165) is 0 Å². The Balaban J connectivity index is 0. The monoisotopic (exact) mass is 237 g/mol. The van der Waals surface area contributed by atoms with Crippen LogP contribution < -0.4 is 0 Å². The molecule has 1 heterocycles. The van der Waals surface area contributed by atoms with Crippen molar-refractivity contribution in [2.75, 3.05) is 5.75 Å². The molecule has 1 N–H and O–H groups in total. The lowest BCUT2D eigenvalue weighted by molar-refractivity contribution is 0.482. The first kappa shape index (κ1) is 15.9. The zero-order valence-corrected chi connectivity index (χ0v) is 9.74. The maximum Gasteiger partial charge on any atom is 0.264 e. The summed E-state index contributed by atoms with van der Waals surface area (Å²) in [6, 6.07) is 5.72. The Morgan fingerprint density at radius 1 is 1.21 bits per heavy atom. The molecule has 0 aliphatic rings. The highest BCUT2D eigenvalue weighted by molar-refractivity contribution is 7.85. The lowest BCUT2D eigenvalue weighted by Crippen LogP contribution is -2.01. The van der Waals surface area contributed by atoms with Crippen molar-refractivity contribution < 1.29 is 13.0 Å². The van der Waals surface area contributed by atoms with Gasteiger partial charge < -0.3 is 0 Å². The Bertz CT molecular complexity index is 273. The van der Waals surface area contributed by atoms with Crippen LogP contribution in [0.15, 0.2) is 30.6 Å². The summed E-state index contributed by atoms with van der Waals surface area (Å²) in [5.41, 5.74) is 0. The van der Waals surface area contributed by atoms with Gasteiger partial charge in [-0.05, 0) is 18.6 Å². The summed E-state index contributed by atoms with van der Waals surface area (Å²) in [6.45, 7) is 1.69. The maximum absolute atomic E-state index is 9.79. The Labute approximate surface area is 91.6 Å². The van der Waals surface area contributed by atoms with E-state index in [4.69, 9.17) is 4.55 Å². The molecule has 0 fully saturated rings. The smallest absolute Gasteiger partial charge is 0.264 e. The van der Waals surface area contributed by atoms with E-state index >= 15 is 0 Å². The van der Waals surface area contributed by atoms with Gasteiger partial charge in [0, 0.05) is 12.4 Å². The normalized spacial score (nSPS) is 9.29. The molecule has 14 heavy (non-hydrogen) atoms. The van der Waals surface area contributed by atoms with Crippen molar-refractivity contribution >= 4 is 23.6 Å². The van der Waals surface area contributed by atoms with Crippen molar-refractivity contribution in [2.45, 2.75) is 13.3 Å². The minimum Gasteiger partial charge on any atom is -0.286 e. The Morgan fingerprint density at radius 3 is 1.79 bits per heavy atom. The fourth-order valence-corrected chi connectivity index (χ4v) is 1.09. The summed E-state index contributed by atoms with van der Waals surface area (Å²) < 4.78 is 27.6. The van der Waals surface area contributed by atoms with Crippen molar-refractivity contribution in [3.05, 3.63) is 30.6 Å². The number of pyridine rings is 1. The molecule has 1 rings (SSSR count). The molecule has 0 unspecified atom stereocenters. The molecule has 0 saturated heterocycles. The fraction of sp³-hybridized carbons (Fsp3) is 0.375. The SMILES string of the molecule is CCCS(=O)(=O)O.S.c1ccncc1. The molecule has 0 aliphatic heterocycles. The van der Waals surface area contributed by atoms with Gasteiger partial charge in [-0.2, -0.15) is 21.9 Å². The molecule has 1 aromatic rings.